The molecule has 2 aromatic carbocycles. The van der Waals surface area contributed by atoms with E-state index in [1.54, 1.807) is 10.7 Å². The lowest BCUT2D eigenvalue weighted by Gasteiger charge is -2.05. The maximum atomic E-state index is 12.5. The minimum Gasteiger partial charge on any atom is -0.419 e. The van der Waals surface area contributed by atoms with Crippen molar-refractivity contribution in [2.75, 3.05) is 0 Å². The predicted octanol–water partition coefficient (Wildman–Crippen LogP) is 3.68. The van der Waals surface area contributed by atoms with Gasteiger partial charge in [-0.15, -0.1) is 10.2 Å². The van der Waals surface area contributed by atoms with Crippen LogP contribution in [0, 0.1) is 13.8 Å². The molecule has 2 heterocycles. The van der Waals surface area contributed by atoms with Crippen LogP contribution >= 0.6 is 0 Å². The van der Waals surface area contributed by atoms with Crippen LogP contribution in [0.15, 0.2) is 59.0 Å². The van der Waals surface area contributed by atoms with Crippen molar-refractivity contribution >= 4 is 5.91 Å². The molecule has 0 bridgehead atoms. The summed E-state index contributed by atoms with van der Waals surface area (Å²) < 4.78 is 7.32. The maximum Gasteiger partial charge on any atom is 0.272 e. The number of nitrogens with zero attached hydrogens (tertiary/aromatic N) is 4. The number of benzene rings is 2. The Balaban J connectivity index is 1.46. The monoisotopic (exact) mass is 387 g/mol. The lowest BCUT2D eigenvalue weighted by atomic mass is 10.0. The molecule has 0 atom stereocenters. The van der Waals surface area contributed by atoms with E-state index in [1.165, 1.54) is 11.1 Å². The molecule has 29 heavy (non-hydrogen) atoms. The van der Waals surface area contributed by atoms with E-state index in [0.29, 0.717) is 17.5 Å². The van der Waals surface area contributed by atoms with Gasteiger partial charge in [0.2, 0.25) is 11.8 Å². The molecule has 0 saturated carbocycles. The van der Waals surface area contributed by atoms with Crippen molar-refractivity contribution in [3.63, 3.8) is 0 Å². The maximum absolute atomic E-state index is 12.5. The van der Waals surface area contributed by atoms with Crippen LogP contribution in [0.5, 0.6) is 0 Å². The zero-order chi connectivity index (χ0) is 20.4. The summed E-state index contributed by atoms with van der Waals surface area (Å²) in [7, 11) is 1.82. The van der Waals surface area contributed by atoms with Gasteiger partial charge in [0.1, 0.15) is 0 Å². The van der Waals surface area contributed by atoms with Crippen LogP contribution in [-0.2, 0) is 13.6 Å². The van der Waals surface area contributed by atoms with Gasteiger partial charge in [-0.05, 0) is 49.2 Å². The third-order valence-electron chi connectivity index (χ3n) is 4.80. The smallest absolute Gasteiger partial charge is 0.272 e. The van der Waals surface area contributed by atoms with E-state index < -0.39 is 0 Å². The summed E-state index contributed by atoms with van der Waals surface area (Å²) in [6.45, 7) is 4.27. The Morgan fingerprint density at radius 1 is 1.00 bits per heavy atom. The second-order valence-electron chi connectivity index (χ2n) is 6.89. The van der Waals surface area contributed by atoms with Crippen molar-refractivity contribution in [2.45, 2.75) is 20.4 Å². The first-order valence-electron chi connectivity index (χ1n) is 9.29. The lowest BCUT2D eigenvalue weighted by molar-refractivity contribution is 0.0941. The summed E-state index contributed by atoms with van der Waals surface area (Å²) in [6, 6.07) is 17.5. The SMILES string of the molecule is Cc1ccc(-c2cc(C(=O)NCc3nnc(-c4ccccc4)o3)nn2C)cc1C. The normalized spacial score (nSPS) is 10.9. The molecule has 0 fully saturated rings. The highest BCUT2D eigenvalue weighted by atomic mass is 16.4. The number of rotatable bonds is 5. The largest absolute Gasteiger partial charge is 0.419 e. The molecular formula is C22H21N5O2. The van der Waals surface area contributed by atoms with Crippen LogP contribution in [0.4, 0.5) is 0 Å². The molecule has 1 N–H and O–H groups in total. The highest BCUT2D eigenvalue weighted by Gasteiger charge is 2.16. The molecule has 1 amide bonds. The van der Waals surface area contributed by atoms with E-state index in [4.69, 9.17) is 4.42 Å². The van der Waals surface area contributed by atoms with E-state index in [-0.39, 0.29) is 12.5 Å². The van der Waals surface area contributed by atoms with Gasteiger partial charge in [-0.2, -0.15) is 5.10 Å². The third-order valence-corrected chi connectivity index (χ3v) is 4.80. The summed E-state index contributed by atoms with van der Waals surface area (Å²) >= 11 is 0. The van der Waals surface area contributed by atoms with Gasteiger partial charge in [0.25, 0.3) is 5.91 Å². The Kier molecular flexibility index (Phi) is 4.95. The van der Waals surface area contributed by atoms with Crippen LogP contribution < -0.4 is 5.32 Å². The first-order valence-corrected chi connectivity index (χ1v) is 9.29. The highest BCUT2D eigenvalue weighted by molar-refractivity contribution is 5.93. The van der Waals surface area contributed by atoms with Crippen molar-refractivity contribution in [3.8, 4) is 22.7 Å². The molecular weight excluding hydrogens is 366 g/mol. The number of aryl methyl sites for hydroxylation is 3. The molecule has 0 aliphatic carbocycles. The molecule has 0 spiro atoms. The second-order valence-corrected chi connectivity index (χ2v) is 6.89. The van der Waals surface area contributed by atoms with E-state index in [2.05, 4.69) is 46.6 Å². The minimum absolute atomic E-state index is 0.133. The third kappa shape index (κ3) is 3.94. The average molecular weight is 387 g/mol. The molecule has 0 unspecified atom stereocenters. The second kappa shape index (κ2) is 7.71. The standard InChI is InChI=1S/C22H21N5O2/c1-14-9-10-17(11-15(14)2)19-12-18(26-27(19)3)21(28)23-13-20-24-25-22(29-20)16-7-5-4-6-8-16/h4-12H,13H2,1-3H3,(H,23,28). The van der Waals surface area contributed by atoms with Crippen LogP contribution in [0.2, 0.25) is 0 Å². The lowest BCUT2D eigenvalue weighted by Crippen LogP contribution is -2.23. The predicted molar refractivity (Wildman–Crippen MR) is 109 cm³/mol. The number of carbonyl (C=O) groups excluding carboxylic acids is 1. The molecule has 7 heteroatoms. The van der Waals surface area contributed by atoms with Gasteiger partial charge in [-0.3, -0.25) is 9.48 Å². The van der Waals surface area contributed by atoms with E-state index in [1.807, 2.05) is 43.4 Å². The first kappa shape index (κ1) is 18.6. The summed E-state index contributed by atoms with van der Waals surface area (Å²) in [5.41, 5.74) is 5.49. The van der Waals surface area contributed by atoms with Crippen LogP contribution in [0.25, 0.3) is 22.7 Å². The average Bonchev–Trinajstić information content (AvgIpc) is 3.36. The van der Waals surface area contributed by atoms with E-state index >= 15 is 0 Å². The summed E-state index contributed by atoms with van der Waals surface area (Å²) in [6.07, 6.45) is 0. The fourth-order valence-electron chi connectivity index (χ4n) is 3.02. The number of amides is 1. The van der Waals surface area contributed by atoms with Gasteiger partial charge < -0.3 is 9.73 Å². The quantitative estimate of drug-likeness (QED) is 0.564. The molecule has 0 aliphatic rings. The van der Waals surface area contributed by atoms with Crippen molar-refractivity contribution in [3.05, 3.63) is 77.3 Å². The Hall–Kier alpha value is -3.74. The van der Waals surface area contributed by atoms with Crippen molar-refractivity contribution in [2.24, 2.45) is 7.05 Å². The number of hydrogen-bond acceptors (Lipinski definition) is 5. The van der Waals surface area contributed by atoms with Crippen molar-refractivity contribution in [1.82, 2.24) is 25.3 Å². The Morgan fingerprint density at radius 2 is 1.79 bits per heavy atom. The Bertz CT molecular complexity index is 1160. The summed E-state index contributed by atoms with van der Waals surface area (Å²) in [5, 5.41) is 15.1. The molecule has 0 aliphatic heterocycles. The van der Waals surface area contributed by atoms with Gasteiger partial charge in [0, 0.05) is 18.2 Å². The molecule has 7 nitrogen and oxygen atoms in total. The van der Waals surface area contributed by atoms with Crippen LogP contribution in [-0.4, -0.2) is 25.9 Å². The van der Waals surface area contributed by atoms with E-state index in [0.717, 1.165) is 16.8 Å². The van der Waals surface area contributed by atoms with Crippen LogP contribution in [0.3, 0.4) is 0 Å². The Morgan fingerprint density at radius 3 is 2.55 bits per heavy atom. The van der Waals surface area contributed by atoms with Gasteiger partial charge in [0.05, 0.1) is 12.2 Å². The minimum atomic E-state index is -0.296. The molecule has 0 radical (unpaired) electrons. The fraction of sp³-hybridized carbons (Fsp3) is 0.182. The van der Waals surface area contributed by atoms with Gasteiger partial charge in [0.15, 0.2) is 5.69 Å². The van der Waals surface area contributed by atoms with Crippen molar-refractivity contribution < 1.29 is 9.21 Å². The fourth-order valence-corrected chi connectivity index (χ4v) is 3.02. The van der Waals surface area contributed by atoms with Gasteiger partial charge in [-0.25, -0.2) is 0 Å². The molecule has 146 valence electrons. The molecule has 4 aromatic rings. The van der Waals surface area contributed by atoms with Crippen LogP contribution in [0.1, 0.15) is 27.5 Å². The summed E-state index contributed by atoms with van der Waals surface area (Å²) in [4.78, 5) is 12.5. The molecule has 0 saturated heterocycles. The van der Waals surface area contributed by atoms with E-state index in [9.17, 15) is 4.79 Å². The van der Waals surface area contributed by atoms with Gasteiger partial charge >= 0.3 is 0 Å². The molecule has 4 rings (SSSR count). The number of carbonyl (C=O) groups is 1. The molecule has 2 aromatic heterocycles. The topological polar surface area (TPSA) is 85.8 Å². The first-order chi connectivity index (χ1) is 14.0. The number of nitrogens with one attached hydrogen (secondary N) is 1. The zero-order valence-electron chi connectivity index (χ0n) is 16.5. The summed E-state index contributed by atoms with van der Waals surface area (Å²) in [5.74, 6) is 0.461. The number of hydrogen-bond donors (Lipinski definition) is 1. The number of aromatic nitrogens is 4. The van der Waals surface area contributed by atoms with Crippen molar-refractivity contribution in [1.29, 1.82) is 0 Å². The Labute approximate surface area is 168 Å². The highest BCUT2D eigenvalue weighted by Crippen LogP contribution is 2.23. The van der Waals surface area contributed by atoms with Gasteiger partial charge in [-0.1, -0.05) is 30.3 Å². The zero-order valence-corrected chi connectivity index (χ0v) is 16.5.